The van der Waals surface area contributed by atoms with E-state index >= 15 is 0 Å². The van der Waals surface area contributed by atoms with Crippen molar-refractivity contribution in [2.45, 2.75) is 17.4 Å². The second-order valence-corrected chi connectivity index (χ2v) is 12.9. The zero-order chi connectivity index (χ0) is 25.1. The summed E-state index contributed by atoms with van der Waals surface area (Å²) in [5.74, 6) is 0.266. The third-order valence-electron chi connectivity index (χ3n) is 6.45. The average Bonchev–Trinajstić information content (AvgIpc) is 3.13. The minimum absolute atomic E-state index is 0.115. The van der Waals surface area contributed by atoms with Crippen LogP contribution >= 0.6 is 0 Å². The van der Waals surface area contributed by atoms with Crippen molar-refractivity contribution in [3.05, 3.63) is 81.4 Å². The van der Waals surface area contributed by atoms with Gasteiger partial charge in [0.2, 0.25) is 0 Å². The van der Waals surface area contributed by atoms with E-state index in [-0.39, 0.29) is 16.2 Å². The number of ether oxygens (including phenoxy) is 1. The second kappa shape index (κ2) is 8.13. The van der Waals surface area contributed by atoms with Gasteiger partial charge in [0.05, 0.1) is 35.1 Å². The maximum Gasteiger partial charge on any atom is 0.264 e. The lowest BCUT2D eigenvalue weighted by atomic mass is 9.92. The van der Waals surface area contributed by atoms with Crippen molar-refractivity contribution in [3.8, 4) is 5.75 Å². The van der Waals surface area contributed by atoms with E-state index in [0.717, 1.165) is 6.26 Å². The molecule has 35 heavy (non-hydrogen) atoms. The Morgan fingerprint density at radius 1 is 1.11 bits per heavy atom. The molecule has 0 spiro atoms. The van der Waals surface area contributed by atoms with E-state index in [1.54, 1.807) is 43.7 Å². The van der Waals surface area contributed by atoms with Crippen LogP contribution in [0.2, 0.25) is 0 Å². The number of nitrogens with zero attached hydrogens (tertiary/aromatic N) is 2. The van der Waals surface area contributed by atoms with Crippen LogP contribution in [0.4, 0.5) is 0 Å². The van der Waals surface area contributed by atoms with Crippen molar-refractivity contribution < 1.29 is 21.6 Å². The number of methoxy groups -OCH3 is 1. The number of hydrogen-bond donors (Lipinski definition) is 1. The largest absolute Gasteiger partial charge is 0.497 e. The number of aryl methyl sites for hydroxylation is 1. The topological polar surface area (TPSA) is 115 Å². The normalized spacial score (nSPS) is 19.3. The lowest BCUT2D eigenvalue weighted by Crippen LogP contribution is -2.41. The fraction of sp³-hybridized carbons (Fsp3) is 0.292. The fourth-order valence-corrected chi connectivity index (χ4v) is 7.20. The van der Waals surface area contributed by atoms with Gasteiger partial charge in [-0.05, 0) is 59.5 Å². The standard InChI is InChI=1S/C24H25N3O6S2/c1-26-11-9-19-16(14-34(3,29)30)12-15-13-27(35(31,32)18-6-4-17(33-2)5-7-18)20-8-10-25-23(21(15)20)22(19)24(26)28/h4-7,9,11-13,20,25H,8,10,14H2,1-3H3. The summed E-state index contributed by atoms with van der Waals surface area (Å²) in [6.07, 6.45) is 6.48. The second-order valence-electron chi connectivity index (χ2n) is 8.87. The molecular weight excluding hydrogens is 490 g/mol. The molecule has 0 saturated heterocycles. The van der Waals surface area contributed by atoms with Gasteiger partial charge in [0.15, 0.2) is 9.84 Å². The highest BCUT2D eigenvalue weighted by Crippen LogP contribution is 2.44. The molecule has 1 aliphatic carbocycles. The fourth-order valence-electron chi connectivity index (χ4n) is 4.88. The van der Waals surface area contributed by atoms with E-state index in [9.17, 15) is 21.6 Å². The Labute approximate surface area is 204 Å². The first-order valence-electron chi connectivity index (χ1n) is 11.0. The van der Waals surface area contributed by atoms with Crippen molar-refractivity contribution in [2.75, 3.05) is 25.7 Å². The van der Waals surface area contributed by atoms with Crippen molar-refractivity contribution in [3.63, 3.8) is 0 Å². The summed E-state index contributed by atoms with van der Waals surface area (Å²) in [7, 11) is -4.22. The van der Waals surface area contributed by atoms with E-state index in [2.05, 4.69) is 5.32 Å². The third-order valence-corrected chi connectivity index (χ3v) is 9.07. The number of rotatable bonds is 5. The lowest BCUT2D eigenvalue weighted by Gasteiger charge is -2.31. The van der Waals surface area contributed by atoms with Gasteiger partial charge in [0, 0.05) is 37.8 Å². The van der Waals surface area contributed by atoms with Gasteiger partial charge >= 0.3 is 0 Å². The molecule has 9 nitrogen and oxygen atoms in total. The molecule has 184 valence electrons. The summed E-state index contributed by atoms with van der Waals surface area (Å²) < 4.78 is 59.7. The Hall–Kier alpha value is -3.31. The van der Waals surface area contributed by atoms with Crippen molar-refractivity contribution in [1.29, 1.82) is 0 Å². The van der Waals surface area contributed by atoms with Crippen LogP contribution in [0.15, 0.2) is 69.6 Å². The molecule has 1 aromatic heterocycles. The summed E-state index contributed by atoms with van der Waals surface area (Å²) in [6, 6.07) is 7.37. The summed E-state index contributed by atoms with van der Waals surface area (Å²) in [4.78, 5) is 13.4. The number of benzene rings is 1. The first kappa shape index (κ1) is 23.4. The van der Waals surface area contributed by atoms with Gasteiger partial charge in [-0.3, -0.25) is 9.10 Å². The highest BCUT2D eigenvalue weighted by atomic mass is 32.2. The van der Waals surface area contributed by atoms with Crippen LogP contribution in [-0.4, -0.2) is 57.4 Å². The van der Waals surface area contributed by atoms with Crippen LogP contribution in [0.5, 0.6) is 5.75 Å². The van der Waals surface area contributed by atoms with Crippen LogP contribution in [0.25, 0.3) is 11.3 Å². The molecule has 1 aromatic carbocycles. The smallest absolute Gasteiger partial charge is 0.264 e. The van der Waals surface area contributed by atoms with E-state index in [4.69, 9.17) is 4.74 Å². The number of pyridine rings is 1. The zero-order valence-corrected chi connectivity index (χ0v) is 21.1. The highest BCUT2D eigenvalue weighted by molar-refractivity contribution is 7.91. The van der Waals surface area contributed by atoms with E-state index in [1.807, 2.05) is 0 Å². The predicted molar refractivity (Wildman–Crippen MR) is 133 cm³/mol. The molecule has 1 atom stereocenters. The number of hydrogen-bond acceptors (Lipinski definition) is 7. The summed E-state index contributed by atoms with van der Waals surface area (Å²) in [5.41, 5.74) is 2.87. The van der Waals surface area contributed by atoms with Crippen LogP contribution < -0.4 is 15.6 Å². The lowest BCUT2D eigenvalue weighted by molar-refractivity contribution is 0.413. The Morgan fingerprint density at radius 3 is 2.49 bits per heavy atom. The molecule has 1 N–H and O–H groups in total. The average molecular weight is 516 g/mol. The van der Waals surface area contributed by atoms with Crippen molar-refractivity contribution >= 4 is 31.1 Å². The van der Waals surface area contributed by atoms with Crippen molar-refractivity contribution in [1.82, 2.24) is 14.2 Å². The minimum Gasteiger partial charge on any atom is -0.497 e. The van der Waals surface area contributed by atoms with Crippen LogP contribution in [-0.2, 0) is 26.9 Å². The van der Waals surface area contributed by atoms with Gasteiger partial charge in [-0.25, -0.2) is 16.8 Å². The van der Waals surface area contributed by atoms with Crippen LogP contribution in [0.3, 0.4) is 0 Å². The highest BCUT2D eigenvalue weighted by Gasteiger charge is 2.42. The summed E-state index contributed by atoms with van der Waals surface area (Å²) in [5, 5.41) is 3.30. The Bertz CT molecular complexity index is 1600. The van der Waals surface area contributed by atoms with Gasteiger partial charge < -0.3 is 14.6 Å². The first-order valence-corrected chi connectivity index (χ1v) is 14.5. The zero-order valence-electron chi connectivity index (χ0n) is 19.5. The summed E-state index contributed by atoms with van der Waals surface area (Å²) >= 11 is 0. The molecule has 0 saturated carbocycles. The number of allylic oxidation sites excluding steroid dienone is 1. The van der Waals surface area contributed by atoms with Crippen molar-refractivity contribution in [2.24, 2.45) is 7.05 Å². The van der Waals surface area contributed by atoms with E-state index in [1.165, 1.54) is 28.1 Å². The van der Waals surface area contributed by atoms with Gasteiger partial charge in [-0.2, -0.15) is 0 Å². The molecule has 2 aliphatic heterocycles. The SMILES string of the molecule is COc1ccc(S(=O)(=O)N2C=C3C=C(CS(C)(=O)=O)c4ccn(C)c(=O)c4C4=C3C2CCN4)cc1. The number of sulfone groups is 1. The molecule has 0 amide bonds. The molecule has 5 rings (SSSR count). The molecule has 1 unspecified atom stereocenters. The van der Waals surface area contributed by atoms with Gasteiger partial charge in [0.1, 0.15) is 5.75 Å². The molecule has 0 radical (unpaired) electrons. The molecular formula is C24H25N3O6S2. The minimum atomic E-state index is -3.92. The van der Waals surface area contributed by atoms with E-state index in [0.29, 0.717) is 52.3 Å². The Balaban J connectivity index is 1.73. The molecule has 11 heteroatoms. The Kier molecular flexibility index (Phi) is 5.44. The van der Waals surface area contributed by atoms with Gasteiger partial charge in [-0.1, -0.05) is 0 Å². The maximum absolute atomic E-state index is 13.7. The predicted octanol–water partition coefficient (Wildman–Crippen LogP) is 1.50. The monoisotopic (exact) mass is 515 g/mol. The molecule has 0 bridgehead atoms. The number of nitrogens with one attached hydrogen (secondary N) is 1. The molecule has 3 aliphatic rings. The number of fused-ring (bicyclic) bond motifs is 2. The molecule has 3 heterocycles. The maximum atomic E-state index is 13.7. The number of aromatic nitrogens is 1. The summed E-state index contributed by atoms with van der Waals surface area (Å²) in [6.45, 7) is 0.456. The van der Waals surface area contributed by atoms with Gasteiger partial charge in [0.25, 0.3) is 15.6 Å². The Morgan fingerprint density at radius 2 is 1.83 bits per heavy atom. The third kappa shape index (κ3) is 3.88. The molecule has 0 fully saturated rings. The molecule has 2 aromatic rings. The van der Waals surface area contributed by atoms with Crippen LogP contribution in [0, 0.1) is 0 Å². The van der Waals surface area contributed by atoms with E-state index < -0.39 is 25.9 Å². The van der Waals surface area contributed by atoms with Crippen LogP contribution in [0.1, 0.15) is 17.5 Å². The number of sulfonamides is 1. The van der Waals surface area contributed by atoms with Gasteiger partial charge in [-0.15, -0.1) is 0 Å². The quantitative estimate of drug-likeness (QED) is 0.642. The first-order chi connectivity index (χ1) is 16.5.